The highest BCUT2D eigenvalue weighted by molar-refractivity contribution is 6.35. The molecule has 5 nitrogen and oxygen atoms in total. The second kappa shape index (κ2) is 9.54. The van der Waals surface area contributed by atoms with Gasteiger partial charge in [0.15, 0.2) is 0 Å². The summed E-state index contributed by atoms with van der Waals surface area (Å²) < 4.78 is 0. The molecule has 2 amide bonds. The number of rotatable bonds is 6. The van der Waals surface area contributed by atoms with Crippen LogP contribution in [0.25, 0.3) is 10.8 Å². The third kappa shape index (κ3) is 5.34. The lowest BCUT2D eigenvalue weighted by Crippen LogP contribution is -2.42. The van der Waals surface area contributed by atoms with Crippen molar-refractivity contribution in [2.75, 3.05) is 20.6 Å². The van der Waals surface area contributed by atoms with Gasteiger partial charge in [0, 0.05) is 18.1 Å². The molecule has 1 atom stereocenters. The number of nitrogens with zero attached hydrogens (tertiary/aromatic N) is 1. The largest absolute Gasteiger partial charge is 0.346 e. The van der Waals surface area contributed by atoms with Gasteiger partial charge in [-0.2, -0.15) is 0 Å². The molecular formula is C23H24ClN3O2. The first-order chi connectivity index (χ1) is 14.0. The van der Waals surface area contributed by atoms with Crippen LogP contribution >= 0.6 is 11.6 Å². The van der Waals surface area contributed by atoms with E-state index in [0.29, 0.717) is 11.6 Å². The lowest BCUT2D eigenvalue weighted by Gasteiger charge is -2.26. The molecule has 0 aromatic heterocycles. The topological polar surface area (TPSA) is 61.4 Å². The molecule has 0 radical (unpaired) electrons. The lowest BCUT2D eigenvalue weighted by molar-refractivity contribution is -0.139. The van der Waals surface area contributed by atoms with Gasteiger partial charge in [-0.1, -0.05) is 66.2 Å². The Morgan fingerprint density at radius 1 is 0.897 bits per heavy atom. The molecule has 3 rings (SSSR count). The molecule has 0 aliphatic heterocycles. The van der Waals surface area contributed by atoms with Gasteiger partial charge in [0.1, 0.15) is 0 Å². The SMILES string of the molecule is CN(C)[C@@H](CNC(=O)C(=O)NCc1ccc(Cl)cc1)c1cccc2ccccc12. The number of benzene rings is 3. The Morgan fingerprint density at radius 3 is 2.28 bits per heavy atom. The molecule has 6 heteroatoms. The molecule has 0 aliphatic rings. The predicted octanol–water partition coefficient (Wildman–Crippen LogP) is 3.53. The smallest absolute Gasteiger partial charge is 0.309 e. The summed E-state index contributed by atoms with van der Waals surface area (Å²) in [6.45, 7) is 0.595. The Labute approximate surface area is 175 Å². The van der Waals surface area contributed by atoms with Gasteiger partial charge in [-0.15, -0.1) is 0 Å². The molecular weight excluding hydrogens is 386 g/mol. The van der Waals surface area contributed by atoms with E-state index in [1.165, 1.54) is 0 Å². The molecule has 0 aliphatic carbocycles. The molecule has 0 bridgehead atoms. The molecule has 29 heavy (non-hydrogen) atoms. The van der Waals surface area contributed by atoms with Crippen molar-refractivity contribution >= 4 is 34.2 Å². The van der Waals surface area contributed by atoms with Crippen molar-refractivity contribution < 1.29 is 9.59 Å². The number of carbonyl (C=O) groups excluding carboxylic acids is 2. The molecule has 3 aromatic rings. The first-order valence-corrected chi connectivity index (χ1v) is 9.78. The van der Waals surface area contributed by atoms with Gasteiger partial charge in [0.05, 0.1) is 6.04 Å². The van der Waals surface area contributed by atoms with Crippen LogP contribution in [0.15, 0.2) is 66.7 Å². The molecule has 0 spiro atoms. The van der Waals surface area contributed by atoms with Crippen LogP contribution in [0.1, 0.15) is 17.2 Å². The van der Waals surface area contributed by atoms with Crippen molar-refractivity contribution in [3.63, 3.8) is 0 Å². The molecule has 0 fully saturated rings. The number of hydrogen-bond acceptors (Lipinski definition) is 3. The summed E-state index contributed by atoms with van der Waals surface area (Å²) >= 11 is 5.85. The quantitative estimate of drug-likeness (QED) is 0.612. The van der Waals surface area contributed by atoms with Gasteiger partial charge in [0.2, 0.25) is 0 Å². The van der Waals surface area contributed by atoms with Crippen LogP contribution in [0.2, 0.25) is 5.02 Å². The van der Waals surface area contributed by atoms with E-state index in [-0.39, 0.29) is 12.6 Å². The number of fused-ring (bicyclic) bond motifs is 1. The molecule has 0 unspecified atom stereocenters. The summed E-state index contributed by atoms with van der Waals surface area (Å²) in [7, 11) is 3.92. The maximum absolute atomic E-state index is 12.3. The third-order valence-electron chi connectivity index (χ3n) is 4.83. The van der Waals surface area contributed by atoms with E-state index in [2.05, 4.69) is 34.9 Å². The van der Waals surface area contributed by atoms with E-state index in [4.69, 9.17) is 11.6 Å². The Hall–Kier alpha value is -2.89. The summed E-state index contributed by atoms with van der Waals surface area (Å²) in [5, 5.41) is 8.29. The Kier molecular flexibility index (Phi) is 6.86. The fourth-order valence-corrected chi connectivity index (χ4v) is 3.37. The summed E-state index contributed by atoms with van der Waals surface area (Å²) in [6.07, 6.45) is 0. The fraction of sp³-hybridized carbons (Fsp3) is 0.217. The number of nitrogens with one attached hydrogen (secondary N) is 2. The molecule has 0 saturated heterocycles. The van der Waals surface area contributed by atoms with Crippen molar-refractivity contribution in [2.24, 2.45) is 0 Å². The summed E-state index contributed by atoms with van der Waals surface area (Å²) in [4.78, 5) is 26.5. The van der Waals surface area contributed by atoms with Crippen LogP contribution in [0.4, 0.5) is 0 Å². The minimum absolute atomic E-state index is 0.0610. The zero-order valence-electron chi connectivity index (χ0n) is 16.5. The average Bonchev–Trinajstić information content (AvgIpc) is 2.73. The van der Waals surface area contributed by atoms with Crippen molar-refractivity contribution in [1.29, 1.82) is 0 Å². The van der Waals surface area contributed by atoms with Crippen LogP contribution in [0.3, 0.4) is 0 Å². The zero-order chi connectivity index (χ0) is 20.8. The minimum atomic E-state index is -0.657. The summed E-state index contributed by atoms with van der Waals surface area (Å²) in [5.41, 5.74) is 1.98. The number of hydrogen-bond donors (Lipinski definition) is 2. The van der Waals surface area contributed by atoms with E-state index in [9.17, 15) is 9.59 Å². The maximum atomic E-state index is 12.3. The number of halogens is 1. The zero-order valence-corrected chi connectivity index (χ0v) is 17.2. The highest BCUT2D eigenvalue weighted by Gasteiger charge is 2.20. The molecule has 3 aromatic carbocycles. The monoisotopic (exact) mass is 409 g/mol. The van der Waals surface area contributed by atoms with Crippen LogP contribution in [-0.2, 0) is 16.1 Å². The predicted molar refractivity (Wildman–Crippen MR) is 117 cm³/mol. The Balaban J connectivity index is 1.63. The van der Waals surface area contributed by atoms with Crippen molar-refractivity contribution in [1.82, 2.24) is 15.5 Å². The van der Waals surface area contributed by atoms with E-state index < -0.39 is 11.8 Å². The first kappa shape index (κ1) is 20.8. The third-order valence-corrected chi connectivity index (χ3v) is 5.09. The lowest BCUT2D eigenvalue weighted by atomic mass is 9.98. The molecule has 2 N–H and O–H groups in total. The fourth-order valence-electron chi connectivity index (χ4n) is 3.25. The standard InChI is InChI=1S/C23H24ClN3O2/c1-27(2)21(20-9-5-7-17-6-3-4-8-19(17)20)15-26-23(29)22(28)25-14-16-10-12-18(24)13-11-16/h3-13,21H,14-15H2,1-2H3,(H,25,28)(H,26,29)/t21-/m0/s1. The van der Waals surface area contributed by atoms with Crippen molar-refractivity contribution in [3.8, 4) is 0 Å². The van der Waals surface area contributed by atoms with Gasteiger partial charge < -0.3 is 15.5 Å². The second-order valence-electron chi connectivity index (χ2n) is 7.07. The first-order valence-electron chi connectivity index (χ1n) is 9.40. The van der Waals surface area contributed by atoms with Crippen molar-refractivity contribution in [2.45, 2.75) is 12.6 Å². The summed E-state index contributed by atoms with van der Waals surface area (Å²) in [5.74, 6) is -1.30. The second-order valence-corrected chi connectivity index (χ2v) is 7.50. The van der Waals surface area contributed by atoms with Gasteiger partial charge in [-0.25, -0.2) is 0 Å². The van der Waals surface area contributed by atoms with Crippen LogP contribution in [0.5, 0.6) is 0 Å². The van der Waals surface area contributed by atoms with Crippen LogP contribution < -0.4 is 10.6 Å². The van der Waals surface area contributed by atoms with Crippen LogP contribution in [0, 0.1) is 0 Å². The highest BCUT2D eigenvalue weighted by atomic mass is 35.5. The minimum Gasteiger partial charge on any atom is -0.346 e. The van der Waals surface area contributed by atoms with Gasteiger partial charge >= 0.3 is 11.8 Å². The molecule has 0 saturated carbocycles. The Bertz CT molecular complexity index is 997. The van der Waals surface area contributed by atoms with Crippen LogP contribution in [-0.4, -0.2) is 37.4 Å². The average molecular weight is 410 g/mol. The van der Waals surface area contributed by atoms with E-state index in [1.807, 2.05) is 49.3 Å². The normalized spacial score (nSPS) is 12.0. The van der Waals surface area contributed by atoms with E-state index >= 15 is 0 Å². The summed E-state index contributed by atoms with van der Waals surface area (Å²) in [6, 6.07) is 21.3. The van der Waals surface area contributed by atoms with E-state index in [0.717, 1.165) is 21.9 Å². The number of carbonyl (C=O) groups is 2. The van der Waals surface area contributed by atoms with Gasteiger partial charge in [-0.3, -0.25) is 9.59 Å². The molecule has 0 heterocycles. The number of likely N-dealkylation sites (N-methyl/N-ethyl adjacent to an activating group) is 1. The van der Waals surface area contributed by atoms with E-state index in [1.54, 1.807) is 12.1 Å². The molecule has 150 valence electrons. The highest BCUT2D eigenvalue weighted by Crippen LogP contribution is 2.26. The van der Waals surface area contributed by atoms with Gasteiger partial charge in [0.25, 0.3) is 0 Å². The van der Waals surface area contributed by atoms with Crippen molar-refractivity contribution in [3.05, 3.63) is 82.9 Å². The maximum Gasteiger partial charge on any atom is 0.309 e. The number of amides is 2. The van der Waals surface area contributed by atoms with Gasteiger partial charge in [-0.05, 0) is 48.1 Å². The Morgan fingerprint density at radius 2 is 1.55 bits per heavy atom.